The lowest BCUT2D eigenvalue weighted by molar-refractivity contribution is 0.163. The molecule has 0 aliphatic heterocycles. The van der Waals surface area contributed by atoms with Gasteiger partial charge >= 0.3 is 13.2 Å². The third-order valence-corrected chi connectivity index (χ3v) is 4.06. The maximum atomic E-state index is 12.3. The summed E-state index contributed by atoms with van der Waals surface area (Å²) in [6.07, 6.45) is 0. The first-order valence-corrected chi connectivity index (χ1v) is 7.56. The molecule has 0 aromatic carbocycles. The minimum absolute atomic E-state index is 0.0447. The number of carbonyl (C=O) groups is 1. The highest BCUT2D eigenvalue weighted by Gasteiger charge is 2.40. The van der Waals surface area contributed by atoms with Crippen LogP contribution in [0.2, 0.25) is 0 Å². The molecule has 0 heterocycles. The van der Waals surface area contributed by atoms with Crippen molar-refractivity contribution in [1.29, 1.82) is 0 Å². The van der Waals surface area contributed by atoms with Crippen molar-refractivity contribution >= 4 is 13.2 Å². The largest absolute Gasteiger partial charge is 0.418 e. The molecule has 0 bridgehead atoms. The minimum atomic E-state index is -3.69. The van der Waals surface area contributed by atoms with Crippen molar-refractivity contribution in [1.82, 2.24) is 4.90 Å². The fourth-order valence-corrected chi connectivity index (χ4v) is 3.39. The molecule has 0 N–H and O–H groups in total. The molecule has 0 saturated carbocycles. The summed E-state index contributed by atoms with van der Waals surface area (Å²) in [6.45, 7) is 11.3. The average Bonchev–Trinajstić information content (AvgIpc) is 2.16. The molecule has 0 fully saturated rings. The fraction of sp³-hybridized carbons (Fsp3) is 0.909. The quantitative estimate of drug-likeness (QED) is 0.661. The average molecular weight is 265 g/mol. The summed E-state index contributed by atoms with van der Waals surface area (Å²) in [6, 6.07) is -0.0894. The van der Waals surface area contributed by atoms with Crippen LogP contribution in [0.1, 0.15) is 41.5 Å². The minimum Gasteiger partial charge on any atom is -0.327 e. The summed E-state index contributed by atoms with van der Waals surface area (Å²) >= 11 is 0. The van der Waals surface area contributed by atoms with Gasteiger partial charge in [-0.25, -0.2) is 4.57 Å². The second-order valence-corrected chi connectivity index (χ2v) is 6.10. The van der Waals surface area contributed by atoms with Crippen LogP contribution < -0.4 is 0 Å². The van der Waals surface area contributed by atoms with Crippen LogP contribution in [0.5, 0.6) is 0 Å². The predicted molar refractivity (Wildman–Crippen MR) is 68.4 cm³/mol. The molecule has 0 aromatic heterocycles. The molecular formula is C11H24NO4P. The number of carbonyl (C=O) groups excluding carboxylic acids is 1. The summed E-state index contributed by atoms with van der Waals surface area (Å²) in [5.41, 5.74) is -0.550. The molecule has 17 heavy (non-hydrogen) atoms. The van der Waals surface area contributed by atoms with Gasteiger partial charge in [-0.05, 0) is 41.5 Å². The first kappa shape index (κ1) is 16.6. The number of rotatable bonds is 7. The van der Waals surface area contributed by atoms with Crippen LogP contribution >= 0.6 is 7.60 Å². The Balaban J connectivity index is 5.11. The molecule has 0 aromatic rings. The topological polar surface area (TPSA) is 55.8 Å². The Bertz CT molecular complexity index is 273. The zero-order valence-electron chi connectivity index (χ0n) is 11.6. The highest BCUT2D eigenvalue weighted by atomic mass is 31.2. The van der Waals surface area contributed by atoms with Crippen LogP contribution in [-0.4, -0.2) is 35.8 Å². The molecule has 6 heteroatoms. The highest BCUT2D eigenvalue weighted by Crippen LogP contribution is 2.51. The smallest absolute Gasteiger partial charge is 0.327 e. The van der Waals surface area contributed by atoms with Gasteiger partial charge in [0, 0.05) is 12.1 Å². The molecule has 0 atom stereocenters. The third-order valence-electron chi connectivity index (χ3n) is 2.17. The van der Waals surface area contributed by atoms with Crippen LogP contribution in [0.3, 0.4) is 0 Å². The van der Waals surface area contributed by atoms with Crippen molar-refractivity contribution in [3.63, 3.8) is 0 Å². The molecule has 0 saturated heterocycles. The van der Waals surface area contributed by atoms with E-state index in [0.717, 1.165) is 0 Å². The molecule has 0 spiro atoms. The molecule has 0 aliphatic rings. The first-order chi connectivity index (χ1) is 7.80. The van der Waals surface area contributed by atoms with Gasteiger partial charge in [0.1, 0.15) is 0 Å². The summed E-state index contributed by atoms with van der Waals surface area (Å²) in [7, 11) is -3.69. The Hall–Kier alpha value is -0.380. The van der Waals surface area contributed by atoms with Crippen molar-refractivity contribution in [3.05, 3.63) is 0 Å². The van der Waals surface area contributed by atoms with E-state index in [1.54, 1.807) is 13.8 Å². The van der Waals surface area contributed by atoms with E-state index in [4.69, 9.17) is 9.05 Å². The summed E-state index contributed by atoms with van der Waals surface area (Å²) in [5.74, 6) is 0. The van der Waals surface area contributed by atoms with Crippen molar-refractivity contribution in [2.45, 2.75) is 53.6 Å². The van der Waals surface area contributed by atoms with Gasteiger partial charge in [-0.2, -0.15) is 0 Å². The van der Waals surface area contributed by atoms with E-state index >= 15 is 0 Å². The number of hydrogen-bond acceptors (Lipinski definition) is 4. The molecule has 0 unspecified atom stereocenters. The highest BCUT2D eigenvalue weighted by molar-refractivity contribution is 7.71. The van der Waals surface area contributed by atoms with E-state index in [0.29, 0.717) is 0 Å². The van der Waals surface area contributed by atoms with E-state index in [1.165, 1.54) is 4.90 Å². The van der Waals surface area contributed by atoms with E-state index in [-0.39, 0.29) is 25.3 Å². The molecule has 102 valence electrons. The first-order valence-electron chi connectivity index (χ1n) is 6.02. The van der Waals surface area contributed by atoms with Gasteiger partial charge in [0.05, 0.1) is 13.2 Å². The van der Waals surface area contributed by atoms with Crippen molar-refractivity contribution in [2.75, 3.05) is 13.2 Å². The van der Waals surface area contributed by atoms with Gasteiger partial charge in [-0.1, -0.05) is 0 Å². The van der Waals surface area contributed by atoms with Gasteiger partial charge < -0.3 is 13.9 Å². The zero-order valence-corrected chi connectivity index (χ0v) is 12.5. The lowest BCUT2D eigenvalue weighted by Gasteiger charge is -2.32. The van der Waals surface area contributed by atoms with E-state index in [1.807, 2.05) is 27.7 Å². The van der Waals surface area contributed by atoms with Crippen LogP contribution in [0, 0.1) is 0 Å². The standard InChI is InChI=1S/C11H24NO4P/c1-7-15-17(14,16-8-2)11(13)12(9(3)4)10(5)6/h9-10H,7-8H2,1-6H3. The maximum absolute atomic E-state index is 12.3. The Kier molecular flexibility index (Phi) is 6.98. The van der Waals surface area contributed by atoms with E-state index < -0.39 is 13.2 Å². The second-order valence-electron chi connectivity index (χ2n) is 4.21. The van der Waals surface area contributed by atoms with Crippen molar-refractivity contribution in [2.24, 2.45) is 0 Å². The predicted octanol–water partition coefficient (Wildman–Crippen LogP) is 3.49. The number of amides is 1. The van der Waals surface area contributed by atoms with Crippen LogP contribution in [0.15, 0.2) is 0 Å². The SMILES string of the molecule is CCOP(=O)(OCC)C(=O)N(C(C)C)C(C)C. The van der Waals surface area contributed by atoms with Crippen LogP contribution in [0.4, 0.5) is 4.79 Å². The number of hydrogen-bond donors (Lipinski definition) is 0. The zero-order chi connectivity index (χ0) is 13.6. The van der Waals surface area contributed by atoms with Gasteiger partial charge in [-0.3, -0.25) is 4.79 Å². The summed E-state index contributed by atoms with van der Waals surface area (Å²) < 4.78 is 22.4. The maximum Gasteiger partial charge on any atom is 0.418 e. The van der Waals surface area contributed by atoms with E-state index in [9.17, 15) is 9.36 Å². The van der Waals surface area contributed by atoms with Gasteiger partial charge in [-0.15, -0.1) is 0 Å². The Morgan fingerprint density at radius 2 is 1.41 bits per heavy atom. The van der Waals surface area contributed by atoms with Crippen molar-refractivity contribution < 1.29 is 18.4 Å². The van der Waals surface area contributed by atoms with Crippen LogP contribution in [0.25, 0.3) is 0 Å². The Morgan fingerprint density at radius 1 is 1.06 bits per heavy atom. The Morgan fingerprint density at radius 3 is 1.65 bits per heavy atom. The van der Waals surface area contributed by atoms with Gasteiger partial charge in [0.25, 0.3) is 0 Å². The molecular weight excluding hydrogens is 241 g/mol. The molecule has 1 amide bonds. The second kappa shape index (κ2) is 7.14. The molecule has 5 nitrogen and oxygen atoms in total. The van der Waals surface area contributed by atoms with Crippen molar-refractivity contribution in [3.8, 4) is 0 Å². The lowest BCUT2D eigenvalue weighted by atomic mass is 10.2. The normalized spacial score (nSPS) is 12.2. The molecule has 0 rings (SSSR count). The molecule has 0 radical (unpaired) electrons. The third kappa shape index (κ3) is 4.41. The van der Waals surface area contributed by atoms with Crippen LogP contribution in [-0.2, 0) is 13.6 Å². The van der Waals surface area contributed by atoms with Gasteiger partial charge in [0.15, 0.2) is 0 Å². The lowest BCUT2D eigenvalue weighted by Crippen LogP contribution is -2.41. The van der Waals surface area contributed by atoms with E-state index in [2.05, 4.69) is 0 Å². The summed E-state index contributed by atoms with van der Waals surface area (Å²) in [4.78, 5) is 13.8. The molecule has 0 aliphatic carbocycles. The monoisotopic (exact) mass is 265 g/mol. The fourth-order valence-electron chi connectivity index (χ4n) is 1.67. The Labute approximate surface area is 104 Å². The number of nitrogens with zero attached hydrogens (tertiary/aromatic N) is 1. The summed E-state index contributed by atoms with van der Waals surface area (Å²) in [5, 5.41) is 0. The van der Waals surface area contributed by atoms with Gasteiger partial charge in [0.2, 0.25) is 0 Å².